The highest BCUT2D eigenvalue weighted by Crippen LogP contribution is 2.39. The van der Waals surface area contributed by atoms with E-state index in [0.29, 0.717) is 27.6 Å². The number of carbonyl (C=O) groups is 4. The number of benzene rings is 1. The van der Waals surface area contributed by atoms with Crippen molar-refractivity contribution >= 4 is 46.9 Å². The third-order valence-corrected chi connectivity index (χ3v) is 8.25. The van der Waals surface area contributed by atoms with Gasteiger partial charge in [0, 0.05) is 22.0 Å². The number of hydrogen-bond acceptors (Lipinski definition) is 6. The zero-order valence-corrected chi connectivity index (χ0v) is 22.6. The van der Waals surface area contributed by atoms with E-state index in [9.17, 15) is 24.3 Å². The molecule has 1 aliphatic heterocycles. The Kier molecular flexibility index (Phi) is 7.00. The Hall–Kier alpha value is -4.38. The molecule has 1 saturated heterocycles. The van der Waals surface area contributed by atoms with Gasteiger partial charge in [-0.25, -0.2) is 14.5 Å². The Labute approximate surface area is 228 Å². The average Bonchev–Trinajstić information content (AvgIpc) is 3.51. The molecule has 202 valence electrons. The lowest BCUT2D eigenvalue weighted by molar-refractivity contribution is -0.127. The molecule has 11 heteroatoms. The van der Waals surface area contributed by atoms with Gasteiger partial charge in [-0.05, 0) is 87.1 Å². The number of methoxy groups -OCH3 is 1. The summed E-state index contributed by atoms with van der Waals surface area (Å²) in [6, 6.07) is 7.85. The largest absolute Gasteiger partial charge is 0.497 e. The third-order valence-electron chi connectivity index (χ3n) is 6.98. The van der Waals surface area contributed by atoms with Crippen LogP contribution in [0.15, 0.2) is 36.0 Å². The number of hydrogen-bond donors (Lipinski definition) is 3. The number of carbonyl (C=O) groups excluding carboxylic acids is 3. The van der Waals surface area contributed by atoms with Crippen LogP contribution in [0, 0.1) is 13.8 Å². The van der Waals surface area contributed by atoms with E-state index in [0.717, 1.165) is 52.4 Å². The molecule has 3 N–H and O–H groups in total. The number of fused-ring (bicyclic) bond motifs is 1. The average molecular weight is 549 g/mol. The van der Waals surface area contributed by atoms with E-state index in [1.165, 1.54) is 18.4 Å². The predicted octanol–water partition coefficient (Wildman–Crippen LogP) is 4.27. The summed E-state index contributed by atoms with van der Waals surface area (Å²) in [6.45, 7) is 3.28. The number of nitrogens with zero attached hydrogens (tertiary/aromatic N) is 2. The van der Waals surface area contributed by atoms with Crippen molar-refractivity contribution in [3.63, 3.8) is 0 Å². The van der Waals surface area contributed by atoms with Crippen molar-refractivity contribution < 1.29 is 29.0 Å². The van der Waals surface area contributed by atoms with Crippen molar-refractivity contribution in [2.45, 2.75) is 39.5 Å². The molecule has 0 atom stereocenters. The maximum absolute atomic E-state index is 13.0. The molecular formula is C28H28N4O6S. The maximum atomic E-state index is 13.0. The molecule has 3 aromatic rings. The quantitative estimate of drug-likeness (QED) is 0.299. The summed E-state index contributed by atoms with van der Waals surface area (Å²) in [6.07, 6.45) is 5.21. The van der Waals surface area contributed by atoms with E-state index in [1.807, 2.05) is 24.5 Å². The van der Waals surface area contributed by atoms with E-state index in [1.54, 1.807) is 30.3 Å². The minimum absolute atomic E-state index is 0.0430. The summed E-state index contributed by atoms with van der Waals surface area (Å²) in [5.41, 5.74) is 4.04. The molecule has 2 aromatic heterocycles. The molecule has 1 aromatic carbocycles. The number of urea groups is 1. The molecule has 4 amide bonds. The number of rotatable bonds is 7. The standard InChI is InChI=1S/C28H28N4O6S/c1-15-12-17(16(2)32(15)26-24(27(35)36)20-6-4-5-7-22(20)39-26)13-21-25(34)31(28(37)30-21)14-23(33)29-18-8-10-19(38-3)11-9-18/h8-13H,4-7,14H2,1-3H3,(H,29,33)(H,30,37)(H,35,36)/b21-13-. The van der Waals surface area contributed by atoms with Crippen molar-refractivity contribution in [2.24, 2.45) is 0 Å². The molecule has 3 heterocycles. The highest BCUT2D eigenvalue weighted by molar-refractivity contribution is 7.15. The molecular weight excluding hydrogens is 520 g/mol. The van der Waals surface area contributed by atoms with Crippen LogP contribution in [0.4, 0.5) is 10.5 Å². The molecule has 1 aliphatic carbocycles. The SMILES string of the molecule is COc1ccc(NC(=O)CN2C(=O)N/C(=C\c3cc(C)n(-c4sc5c(c4C(=O)O)CCCC5)c3C)C2=O)cc1. The number of thiophene rings is 1. The van der Waals surface area contributed by atoms with Crippen LogP contribution in [0.3, 0.4) is 0 Å². The van der Waals surface area contributed by atoms with Gasteiger partial charge in [-0.3, -0.25) is 9.59 Å². The lowest BCUT2D eigenvalue weighted by Crippen LogP contribution is -2.38. The van der Waals surface area contributed by atoms with E-state index < -0.39 is 30.4 Å². The van der Waals surface area contributed by atoms with Crippen molar-refractivity contribution in [2.75, 3.05) is 19.0 Å². The van der Waals surface area contributed by atoms with Gasteiger partial charge < -0.3 is 25.0 Å². The van der Waals surface area contributed by atoms with Gasteiger partial charge in [-0.2, -0.15) is 0 Å². The highest BCUT2D eigenvalue weighted by Gasteiger charge is 2.35. The van der Waals surface area contributed by atoms with Crippen LogP contribution < -0.4 is 15.4 Å². The molecule has 10 nitrogen and oxygen atoms in total. The number of ether oxygens (including phenoxy) is 1. The Morgan fingerprint density at radius 1 is 1.15 bits per heavy atom. The summed E-state index contributed by atoms with van der Waals surface area (Å²) in [5, 5.41) is 15.9. The van der Waals surface area contributed by atoms with Crippen LogP contribution >= 0.6 is 11.3 Å². The fourth-order valence-corrected chi connectivity index (χ4v) is 6.56. The topological polar surface area (TPSA) is 130 Å². The lowest BCUT2D eigenvalue weighted by atomic mass is 9.95. The molecule has 0 saturated carbocycles. The molecule has 5 rings (SSSR count). The number of carboxylic acids is 1. The molecule has 0 unspecified atom stereocenters. The normalized spacial score (nSPS) is 15.9. The van der Waals surface area contributed by atoms with Gasteiger partial charge in [0.2, 0.25) is 5.91 Å². The van der Waals surface area contributed by atoms with Crippen molar-refractivity contribution in [1.29, 1.82) is 0 Å². The number of aryl methyl sites for hydroxylation is 2. The second-order valence-electron chi connectivity index (χ2n) is 9.51. The Balaban J connectivity index is 1.38. The van der Waals surface area contributed by atoms with Gasteiger partial charge in [-0.1, -0.05) is 0 Å². The van der Waals surface area contributed by atoms with E-state index in [-0.39, 0.29) is 5.70 Å². The van der Waals surface area contributed by atoms with Crippen LogP contribution in [0.25, 0.3) is 11.1 Å². The number of imide groups is 1. The zero-order valence-electron chi connectivity index (χ0n) is 21.8. The van der Waals surface area contributed by atoms with E-state index in [4.69, 9.17) is 4.74 Å². The first kappa shape index (κ1) is 26.2. The van der Waals surface area contributed by atoms with Crippen LogP contribution in [0.2, 0.25) is 0 Å². The minimum atomic E-state index is -0.946. The number of nitrogens with one attached hydrogen (secondary N) is 2. The Morgan fingerprint density at radius 3 is 2.56 bits per heavy atom. The molecule has 1 fully saturated rings. The van der Waals surface area contributed by atoms with Crippen LogP contribution in [-0.2, 0) is 22.4 Å². The fraction of sp³-hybridized carbons (Fsp3) is 0.286. The second kappa shape index (κ2) is 10.4. The van der Waals surface area contributed by atoms with Crippen LogP contribution in [-0.4, -0.2) is 52.0 Å². The number of anilines is 1. The molecule has 0 radical (unpaired) electrons. The summed E-state index contributed by atoms with van der Waals surface area (Å²) in [7, 11) is 1.54. The lowest BCUT2D eigenvalue weighted by Gasteiger charge is -2.12. The third kappa shape index (κ3) is 4.92. The van der Waals surface area contributed by atoms with Crippen molar-refractivity contribution in [1.82, 2.24) is 14.8 Å². The highest BCUT2D eigenvalue weighted by atomic mass is 32.1. The monoisotopic (exact) mass is 548 g/mol. The summed E-state index contributed by atoms with van der Waals surface area (Å²) < 4.78 is 7.00. The smallest absolute Gasteiger partial charge is 0.339 e. The summed E-state index contributed by atoms with van der Waals surface area (Å²) in [4.78, 5) is 52.3. The van der Waals surface area contributed by atoms with Gasteiger partial charge in [0.05, 0.1) is 12.7 Å². The maximum Gasteiger partial charge on any atom is 0.339 e. The van der Waals surface area contributed by atoms with Crippen molar-refractivity contribution in [3.05, 3.63) is 69.0 Å². The summed E-state index contributed by atoms with van der Waals surface area (Å²) in [5.74, 6) is -1.45. The van der Waals surface area contributed by atoms with Gasteiger partial charge in [-0.15, -0.1) is 11.3 Å². The van der Waals surface area contributed by atoms with Gasteiger partial charge in [0.15, 0.2) is 0 Å². The first-order valence-electron chi connectivity index (χ1n) is 12.5. The number of aromatic nitrogens is 1. The van der Waals surface area contributed by atoms with Crippen LogP contribution in [0.1, 0.15) is 50.6 Å². The first-order chi connectivity index (χ1) is 18.7. The molecule has 39 heavy (non-hydrogen) atoms. The van der Waals surface area contributed by atoms with Gasteiger partial charge in [0.1, 0.15) is 23.0 Å². The predicted molar refractivity (Wildman–Crippen MR) is 147 cm³/mol. The number of aromatic carboxylic acids is 1. The van der Waals surface area contributed by atoms with E-state index in [2.05, 4.69) is 10.6 Å². The van der Waals surface area contributed by atoms with Gasteiger partial charge in [0.25, 0.3) is 5.91 Å². The first-order valence-corrected chi connectivity index (χ1v) is 13.3. The Morgan fingerprint density at radius 2 is 1.87 bits per heavy atom. The molecule has 0 spiro atoms. The minimum Gasteiger partial charge on any atom is -0.497 e. The van der Waals surface area contributed by atoms with Crippen LogP contribution in [0.5, 0.6) is 5.75 Å². The number of carboxylic acid groups (broad SMARTS) is 1. The summed E-state index contributed by atoms with van der Waals surface area (Å²) >= 11 is 1.50. The molecule has 2 aliphatic rings. The zero-order chi connectivity index (χ0) is 27.8. The van der Waals surface area contributed by atoms with Crippen molar-refractivity contribution in [3.8, 4) is 10.8 Å². The second-order valence-corrected chi connectivity index (χ2v) is 10.6. The Bertz CT molecular complexity index is 1530. The van der Waals surface area contributed by atoms with E-state index >= 15 is 0 Å². The molecule has 0 bridgehead atoms. The number of amides is 4. The fourth-order valence-electron chi connectivity index (χ4n) is 5.06. The van der Waals surface area contributed by atoms with Gasteiger partial charge >= 0.3 is 12.0 Å².